The molecule has 2 unspecified atom stereocenters. The molecule has 2 rings (SSSR count). The SMILES string of the molecule is NC(CCC1CO1)c1ccccc1. The van der Waals surface area contributed by atoms with Crippen molar-refractivity contribution in [3.63, 3.8) is 0 Å². The highest BCUT2D eigenvalue weighted by molar-refractivity contribution is 5.18. The number of ether oxygens (including phenoxy) is 1. The fraction of sp³-hybridized carbons (Fsp3) is 0.455. The van der Waals surface area contributed by atoms with E-state index in [1.165, 1.54) is 5.56 Å². The second kappa shape index (κ2) is 3.90. The number of nitrogens with two attached hydrogens (primary N) is 1. The molecule has 0 aliphatic carbocycles. The summed E-state index contributed by atoms with van der Waals surface area (Å²) >= 11 is 0. The number of epoxide rings is 1. The van der Waals surface area contributed by atoms with Gasteiger partial charge in [-0.25, -0.2) is 0 Å². The van der Waals surface area contributed by atoms with E-state index in [0.29, 0.717) is 6.10 Å². The highest BCUT2D eigenvalue weighted by atomic mass is 16.6. The van der Waals surface area contributed by atoms with Crippen molar-refractivity contribution >= 4 is 0 Å². The Morgan fingerprint density at radius 2 is 2.08 bits per heavy atom. The zero-order valence-corrected chi connectivity index (χ0v) is 7.65. The first-order valence-corrected chi connectivity index (χ1v) is 4.78. The van der Waals surface area contributed by atoms with Gasteiger partial charge in [0.2, 0.25) is 0 Å². The van der Waals surface area contributed by atoms with Crippen LogP contribution in [-0.2, 0) is 4.74 Å². The molecule has 2 heteroatoms. The minimum absolute atomic E-state index is 0.172. The summed E-state index contributed by atoms with van der Waals surface area (Å²) in [6, 6.07) is 10.4. The average Bonchev–Trinajstić information content (AvgIpc) is 2.99. The molecule has 13 heavy (non-hydrogen) atoms. The maximum atomic E-state index is 6.02. The minimum atomic E-state index is 0.172. The van der Waals surface area contributed by atoms with Gasteiger partial charge in [-0.05, 0) is 18.4 Å². The van der Waals surface area contributed by atoms with E-state index in [-0.39, 0.29) is 6.04 Å². The van der Waals surface area contributed by atoms with Gasteiger partial charge in [-0.3, -0.25) is 0 Å². The lowest BCUT2D eigenvalue weighted by Gasteiger charge is -2.10. The van der Waals surface area contributed by atoms with Gasteiger partial charge in [0, 0.05) is 6.04 Å². The molecule has 70 valence electrons. The van der Waals surface area contributed by atoms with Gasteiger partial charge in [0.25, 0.3) is 0 Å². The van der Waals surface area contributed by atoms with Gasteiger partial charge in [0.15, 0.2) is 0 Å². The summed E-state index contributed by atoms with van der Waals surface area (Å²) in [7, 11) is 0. The minimum Gasteiger partial charge on any atom is -0.373 e. The first-order valence-electron chi connectivity index (χ1n) is 4.78. The molecule has 0 saturated carbocycles. The molecule has 1 heterocycles. The van der Waals surface area contributed by atoms with E-state index in [0.717, 1.165) is 19.4 Å². The molecule has 0 aromatic heterocycles. The smallest absolute Gasteiger partial charge is 0.0810 e. The molecule has 1 saturated heterocycles. The van der Waals surface area contributed by atoms with Gasteiger partial charge in [0.1, 0.15) is 0 Å². The number of rotatable bonds is 4. The molecular weight excluding hydrogens is 162 g/mol. The molecule has 0 spiro atoms. The van der Waals surface area contributed by atoms with Gasteiger partial charge in [-0.1, -0.05) is 30.3 Å². The number of hydrogen-bond donors (Lipinski definition) is 1. The van der Waals surface area contributed by atoms with Gasteiger partial charge in [-0.2, -0.15) is 0 Å². The third-order valence-corrected chi connectivity index (χ3v) is 2.43. The quantitative estimate of drug-likeness (QED) is 0.713. The highest BCUT2D eigenvalue weighted by Gasteiger charge is 2.22. The van der Waals surface area contributed by atoms with E-state index in [1.54, 1.807) is 0 Å². The molecule has 2 atom stereocenters. The van der Waals surface area contributed by atoms with Crippen molar-refractivity contribution in [2.75, 3.05) is 6.61 Å². The summed E-state index contributed by atoms with van der Waals surface area (Å²) in [5, 5.41) is 0. The maximum Gasteiger partial charge on any atom is 0.0810 e. The number of benzene rings is 1. The van der Waals surface area contributed by atoms with Gasteiger partial charge < -0.3 is 10.5 Å². The zero-order chi connectivity index (χ0) is 9.10. The Bertz CT molecular complexity index is 256. The Hall–Kier alpha value is -0.860. The molecule has 1 aliphatic heterocycles. The van der Waals surface area contributed by atoms with Crippen molar-refractivity contribution in [2.24, 2.45) is 5.73 Å². The second-order valence-corrected chi connectivity index (χ2v) is 3.55. The summed E-state index contributed by atoms with van der Waals surface area (Å²) in [6.45, 7) is 0.932. The second-order valence-electron chi connectivity index (χ2n) is 3.55. The van der Waals surface area contributed by atoms with Crippen molar-refractivity contribution in [3.05, 3.63) is 35.9 Å². The molecular formula is C11H15NO. The van der Waals surface area contributed by atoms with Crippen LogP contribution in [0.5, 0.6) is 0 Å². The van der Waals surface area contributed by atoms with Crippen LogP contribution in [0.4, 0.5) is 0 Å². The summed E-state index contributed by atoms with van der Waals surface area (Å²) < 4.78 is 5.14. The van der Waals surface area contributed by atoms with Crippen LogP contribution >= 0.6 is 0 Å². The van der Waals surface area contributed by atoms with Crippen LogP contribution in [0.15, 0.2) is 30.3 Å². The van der Waals surface area contributed by atoms with Crippen LogP contribution in [-0.4, -0.2) is 12.7 Å². The van der Waals surface area contributed by atoms with Crippen LogP contribution in [0.1, 0.15) is 24.4 Å². The molecule has 0 radical (unpaired) electrons. The Labute approximate surface area is 78.7 Å². The summed E-state index contributed by atoms with van der Waals surface area (Å²) in [5.74, 6) is 0. The fourth-order valence-corrected chi connectivity index (χ4v) is 1.47. The largest absolute Gasteiger partial charge is 0.373 e. The molecule has 1 aromatic rings. The van der Waals surface area contributed by atoms with Crippen molar-refractivity contribution < 1.29 is 4.74 Å². The molecule has 1 fully saturated rings. The molecule has 0 bridgehead atoms. The number of hydrogen-bond acceptors (Lipinski definition) is 2. The van der Waals surface area contributed by atoms with E-state index < -0.39 is 0 Å². The van der Waals surface area contributed by atoms with E-state index in [4.69, 9.17) is 10.5 Å². The lowest BCUT2D eigenvalue weighted by Crippen LogP contribution is -2.10. The third-order valence-electron chi connectivity index (χ3n) is 2.43. The normalized spacial score (nSPS) is 22.7. The van der Waals surface area contributed by atoms with Crippen molar-refractivity contribution in [1.82, 2.24) is 0 Å². The Kier molecular flexibility index (Phi) is 2.62. The topological polar surface area (TPSA) is 38.5 Å². The molecule has 0 amide bonds. The monoisotopic (exact) mass is 177 g/mol. The van der Waals surface area contributed by atoms with Gasteiger partial charge in [-0.15, -0.1) is 0 Å². The summed E-state index contributed by atoms with van der Waals surface area (Å²) in [6.07, 6.45) is 2.61. The van der Waals surface area contributed by atoms with E-state index in [1.807, 2.05) is 18.2 Å². The van der Waals surface area contributed by atoms with Gasteiger partial charge in [0.05, 0.1) is 12.7 Å². The standard InChI is InChI=1S/C11H15NO/c12-11(7-6-10-8-13-10)9-4-2-1-3-5-9/h1-5,10-11H,6-8,12H2. The van der Waals surface area contributed by atoms with Crippen LogP contribution in [0.2, 0.25) is 0 Å². The molecule has 2 nitrogen and oxygen atoms in total. The van der Waals surface area contributed by atoms with E-state index in [9.17, 15) is 0 Å². The summed E-state index contributed by atoms with van der Waals surface area (Å²) in [5.41, 5.74) is 7.24. The predicted molar refractivity (Wildman–Crippen MR) is 52.3 cm³/mol. The van der Waals surface area contributed by atoms with E-state index >= 15 is 0 Å². The van der Waals surface area contributed by atoms with Crippen LogP contribution in [0.3, 0.4) is 0 Å². The first-order chi connectivity index (χ1) is 6.36. The van der Waals surface area contributed by atoms with Crippen molar-refractivity contribution in [2.45, 2.75) is 25.0 Å². The maximum absolute atomic E-state index is 6.02. The Morgan fingerprint density at radius 3 is 2.69 bits per heavy atom. The molecule has 1 aliphatic rings. The Balaban J connectivity index is 1.85. The van der Waals surface area contributed by atoms with Gasteiger partial charge >= 0.3 is 0 Å². The molecule has 2 N–H and O–H groups in total. The third kappa shape index (κ3) is 2.54. The van der Waals surface area contributed by atoms with Crippen LogP contribution in [0.25, 0.3) is 0 Å². The van der Waals surface area contributed by atoms with Crippen molar-refractivity contribution in [3.8, 4) is 0 Å². The lowest BCUT2D eigenvalue weighted by molar-refractivity contribution is 0.384. The average molecular weight is 177 g/mol. The predicted octanol–water partition coefficient (Wildman–Crippen LogP) is 1.87. The fourth-order valence-electron chi connectivity index (χ4n) is 1.47. The summed E-state index contributed by atoms with van der Waals surface area (Å²) in [4.78, 5) is 0. The van der Waals surface area contributed by atoms with Crippen molar-refractivity contribution in [1.29, 1.82) is 0 Å². The molecule has 1 aromatic carbocycles. The zero-order valence-electron chi connectivity index (χ0n) is 7.65. The van der Waals surface area contributed by atoms with Crippen LogP contribution in [0, 0.1) is 0 Å². The van der Waals surface area contributed by atoms with E-state index in [2.05, 4.69) is 12.1 Å². The highest BCUT2D eigenvalue weighted by Crippen LogP contribution is 2.21. The first kappa shape index (κ1) is 8.73. The lowest BCUT2D eigenvalue weighted by atomic mass is 10.0. The van der Waals surface area contributed by atoms with Crippen LogP contribution < -0.4 is 5.73 Å². The Morgan fingerprint density at radius 1 is 1.38 bits per heavy atom.